The minimum Gasteiger partial charge on any atom is -0.359 e. The summed E-state index contributed by atoms with van der Waals surface area (Å²) in [7, 11) is 1.62. The molecule has 4 N–H and O–H groups in total. The molecule has 1 aliphatic rings. The van der Waals surface area contributed by atoms with Gasteiger partial charge in [0.1, 0.15) is 0 Å². The predicted molar refractivity (Wildman–Crippen MR) is 82.8 cm³/mol. The minimum atomic E-state index is -0.0228. The quantitative estimate of drug-likeness (QED) is 0.784. The minimum absolute atomic E-state index is 0.0228. The summed E-state index contributed by atoms with van der Waals surface area (Å²) in [4.78, 5) is 23.5. The fraction of sp³-hybridized carbons (Fsp3) is 0.500. The van der Waals surface area contributed by atoms with Gasteiger partial charge in [-0.1, -0.05) is 12.1 Å². The van der Waals surface area contributed by atoms with Crippen LogP contribution in [-0.2, 0) is 16.0 Å². The average molecular weight is 289 g/mol. The van der Waals surface area contributed by atoms with E-state index in [-0.39, 0.29) is 23.8 Å². The number of benzene rings is 1. The number of carbonyl (C=O) groups is 2. The van der Waals surface area contributed by atoms with Crippen molar-refractivity contribution in [3.8, 4) is 0 Å². The zero-order valence-electron chi connectivity index (χ0n) is 12.4. The van der Waals surface area contributed by atoms with E-state index in [2.05, 4.69) is 10.6 Å². The Bertz CT molecular complexity index is 491. The van der Waals surface area contributed by atoms with E-state index < -0.39 is 0 Å². The average Bonchev–Trinajstić information content (AvgIpc) is 2.49. The van der Waals surface area contributed by atoms with Crippen molar-refractivity contribution in [1.29, 1.82) is 0 Å². The van der Waals surface area contributed by atoms with Gasteiger partial charge in [0.15, 0.2) is 0 Å². The van der Waals surface area contributed by atoms with Gasteiger partial charge in [-0.15, -0.1) is 0 Å². The Hall–Kier alpha value is -1.88. The molecule has 0 saturated heterocycles. The number of hydrogen-bond acceptors (Lipinski definition) is 3. The van der Waals surface area contributed by atoms with Gasteiger partial charge in [-0.3, -0.25) is 9.59 Å². The second-order valence-electron chi connectivity index (χ2n) is 5.65. The second kappa shape index (κ2) is 7.22. The summed E-state index contributed by atoms with van der Waals surface area (Å²) >= 11 is 0. The molecule has 1 aliphatic carbocycles. The highest BCUT2D eigenvalue weighted by atomic mass is 16.2. The van der Waals surface area contributed by atoms with Crippen LogP contribution in [0.25, 0.3) is 0 Å². The van der Waals surface area contributed by atoms with Crippen molar-refractivity contribution < 1.29 is 9.59 Å². The Kier molecular flexibility index (Phi) is 5.33. The number of nitrogens with two attached hydrogens (primary N) is 1. The molecule has 5 heteroatoms. The maximum absolute atomic E-state index is 12.2. The van der Waals surface area contributed by atoms with Gasteiger partial charge in [0, 0.05) is 24.7 Å². The van der Waals surface area contributed by atoms with Crippen LogP contribution in [0.15, 0.2) is 24.3 Å². The number of rotatable bonds is 4. The van der Waals surface area contributed by atoms with Crippen LogP contribution in [0.2, 0.25) is 0 Å². The third-order valence-corrected chi connectivity index (χ3v) is 4.01. The Morgan fingerprint density at radius 2 is 1.76 bits per heavy atom. The van der Waals surface area contributed by atoms with Crippen molar-refractivity contribution in [3.05, 3.63) is 29.8 Å². The van der Waals surface area contributed by atoms with Gasteiger partial charge < -0.3 is 16.4 Å². The molecule has 2 amide bonds. The summed E-state index contributed by atoms with van der Waals surface area (Å²) in [5.41, 5.74) is 7.55. The normalized spacial score (nSPS) is 21.6. The van der Waals surface area contributed by atoms with Crippen molar-refractivity contribution in [1.82, 2.24) is 5.32 Å². The highest BCUT2D eigenvalue weighted by molar-refractivity contribution is 5.92. The van der Waals surface area contributed by atoms with Crippen molar-refractivity contribution in [2.24, 2.45) is 11.7 Å². The number of likely N-dealkylation sites (N-methyl/N-ethyl adjacent to an activating group) is 1. The first-order chi connectivity index (χ1) is 10.1. The van der Waals surface area contributed by atoms with Crippen molar-refractivity contribution in [2.75, 3.05) is 12.4 Å². The standard InChI is InChI=1S/C16H23N3O2/c1-18-15(20)10-11-2-8-14(9-3-11)19-16(21)12-4-6-13(17)7-5-12/h2-3,8-9,12-13H,4-7,10,17H2,1H3,(H,18,20)(H,19,21). The molecule has 0 bridgehead atoms. The molecule has 2 rings (SSSR count). The number of anilines is 1. The number of hydrogen-bond donors (Lipinski definition) is 3. The van der Waals surface area contributed by atoms with Gasteiger partial charge in [-0.25, -0.2) is 0 Å². The second-order valence-corrected chi connectivity index (χ2v) is 5.65. The maximum Gasteiger partial charge on any atom is 0.227 e. The van der Waals surface area contributed by atoms with E-state index in [1.165, 1.54) is 0 Å². The summed E-state index contributed by atoms with van der Waals surface area (Å²) in [6, 6.07) is 7.65. The van der Waals surface area contributed by atoms with E-state index in [1.54, 1.807) is 7.05 Å². The predicted octanol–water partition coefficient (Wildman–Crippen LogP) is 1.43. The number of amides is 2. The van der Waals surface area contributed by atoms with E-state index in [4.69, 9.17) is 5.73 Å². The largest absolute Gasteiger partial charge is 0.359 e. The van der Waals surface area contributed by atoms with Crippen LogP contribution in [0, 0.1) is 5.92 Å². The van der Waals surface area contributed by atoms with E-state index in [9.17, 15) is 9.59 Å². The third-order valence-electron chi connectivity index (χ3n) is 4.01. The summed E-state index contributed by atoms with van der Waals surface area (Å²) in [5.74, 6) is 0.113. The fourth-order valence-electron chi connectivity index (χ4n) is 2.61. The monoisotopic (exact) mass is 289 g/mol. The van der Waals surface area contributed by atoms with Crippen LogP contribution in [0.5, 0.6) is 0 Å². The lowest BCUT2D eigenvalue weighted by Crippen LogP contribution is -2.32. The fourth-order valence-corrected chi connectivity index (χ4v) is 2.61. The Morgan fingerprint density at radius 3 is 2.33 bits per heavy atom. The molecule has 0 radical (unpaired) electrons. The maximum atomic E-state index is 12.2. The molecule has 1 saturated carbocycles. The molecule has 0 aromatic heterocycles. The molecular formula is C16H23N3O2. The Balaban J connectivity index is 1.88. The van der Waals surface area contributed by atoms with Crippen LogP contribution >= 0.6 is 0 Å². The third kappa shape index (κ3) is 4.56. The van der Waals surface area contributed by atoms with Gasteiger partial charge in [-0.2, -0.15) is 0 Å². The molecule has 0 spiro atoms. The van der Waals surface area contributed by atoms with Crippen LogP contribution in [0.1, 0.15) is 31.2 Å². The van der Waals surface area contributed by atoms with Gasteiger partial charge in [0.2, 0.25) is 11.8 Å². The van der Waals surface area contributed by atoms with Crippen molar-refractivity contribution in [2.45, 2.75) is 38.1 Å². The molecule has 1 fully saturated rings. The molecule has 1 aromatic carbocycles. The Labute approximate surface area is 125 Å². The van der Waals surface area contributed by atoms with E-state index >= 15 is 0 Å². The molecule has 5 nitrogen and oxygen atoms in total. The first-order valence-electron chi connectivity index (χ1n) is 7.44. The summed E-state index contributed by atoms with van der Waals surface area (Å²) in [6.45, 7) is 0. The van der Waals surface area contributed by atoms with Crippen LogP contribution < -0.4 is 16.4 Å². The molecule has 0 unspecified atom stereocenters. The zero-order valence-corrected chi connectivity index (χ0v) is 12.4. The lowest BCUT2D eigenvalue weighted by Gasteiger charge is -2.25. The van der Waals surface area contributed by atoms with E-state index in [1.807, 2.05) is 24.3 Å². The Morgan fingerprint density at radius 1 is 1.14 bits per heavy atom. The first kappa shape index (κ1) is 15.5. The van der Waals surface area contributed by atoms with Gasteiger partial charge in [0.05, 0.1) is 6.42 Å². The van der Waals surface area contributed by atoms with Crippen molar-refractivity contribution >= 4 is 17.5 Å². The molecule has 0 heterocycles. The topological polar surface area (TPSA) is 84.2 Å². The summed E-state index contributed by atoms with van der Waals surface area (Å²) in [5, 5.41) is 5.53. The smallest absolute Gasteiger partial charge is 0.227 e. The van der Waals surface area contributed by atoms with E-state index in [0.717, 1.165) is 36.9 Å². The zero-order chi connectivity index (χ0) is 15.2. The first-order valence-corrected chi connectivity index (χ1v) is 7.44. The molecule has 0 aliphatic heterocycles. The van der Waals surface area contributed by atoms with Gasteiger partial charge >= 0.3 is 0 Å². The van der Waals surface area contributed by atoms with Gasteiger partial charge in [0.25, 0.3) is 0 Å². The summed E-state index contributed by atoms with van der Waals surface area (Å²) < 4.78 is 0. The van der Waals surface area contributed by atoms with Crippen molar-refractivity contribution in [3.63, 3.8) is 0 Å². The lowest BCUT2D eigenvalue weighted by atomic mass is 9.86. The highest BCUT2D eigenvalue weighted by Gasteiger charge is 2.24. The van der Waals surface area contributed by atoms with Crippen LogP contribution in [0.4, 0.5) is 5.69 Å². The molecular weight excluding hydrogens is 266 g/mol. The molecule has 21 heavy (non-hydrogen) atoms. The summed E-state index contributed by atoms with van der Waals surface area (Å²) in [6.07, 6.45) is 3.92. The number of nitrogens with one attached hydrogen (secondary N) is 2. The number of carbonyl (C=O) groups excluding carboxylic acids is 2. The van der Waals surface area contributed by atoms with Crippen LogP contribution in [0.3, 0.4) is 0 Å². The molecule has 1 aromatic rings. The highest BCUT2D eigenvalue weighted by Crippen LogP contribution is 2.24. The SMILES string of the molecule is CNC(=O)Cc1ccc(NC(=O)C2CCC(N)CC2)cc1. The lowest BCUT2D eigenvalue weighted by molar-refractivity contribution is -0.121. The van der Waals surface area contributed by atoms with Gasteiger partial charge in [-0.05, 0) is 43.4 Å². The van der Waals surface area contributed by atoms with E-state index in [0.29, 0.717) is 6.42 Å². The van der Waals surface area contributed by atoms with Crippen LogP contribution in [-0.4, -0.2) is 24.9 Å². The molecule has 114 valence electrons. The molecule has 0 atom stereocenters.